The summed E-state index contributed by atoms with van der Waals surface area (Å²) in [7, 11) is 0. The molecule has 0 radical (unpaired) electrons. The maximum absolute atomic E-state index is 11.7. The molecule has 0 aromatic heterocycles. The average Bonchev–Trinajstić information content (AvgIpc) is 2.25. The third-order valence-electron chi connectivity index (χ3n) is 2.89. The molecule has 0 aromatic carbocycles. The molecule has 1 heterocycles. The van der Waals surface area contributed by atoms with Gasteiger partial charge in [0.05, 0.1) is 5.92 Å². The Morgan fingerprint density at radius 2 is 2.31 bits per heavy atom. The van der Waals surface area contributed by atoms with Crippen molar-refractivity contribution >= 4 is 11.8 Å². The highest BCUT2D eigenvalue weighted by Crippen LogP contribution is 2.10. The SMILES string of the molecule is CC(C)CCCNC(=O)[C@@H]1CCC(=O)NC1. The summed E-state index contributed by atoms with van der Waals surface area (Å²) in [4.78, 5) is 22.6. The number of piperidine rings is 1. The molecule has 4 nitrogen and oxygen atoms in total. The van der Waals surface area contributed by atoms with E-state index in [0.29, 0.717) is 25.3 Å². The zero-order chi connectivity index (χ0) is 12.0. The van der Waals surface area contributed by atoms with Crippen molar-refractivity contribution < 1.29 is 9.59 Å². The maximum Gasteiger partial charge on any atom is 0.224 e. The van der Waals surface area contributed by atoms with Gasteiger partial charge in [-0.3, -0.25) is 9.59 Å². The van der Waals surface area contributed by atoms with Crippen LogP contribution in [0.25, 0.3) is 0 Å². The van der Waals surface area contributed by atoms with Crippen molar-refractivity contribution in [1.29, 1.82) is 0 Å². The molecule has 0 bridgehead atoms. The van der Waals surface area contributed by atoms with Gasteiger partial charge in [0, 0.05) is 19.5 Å². The smallest absolute Gasteiger partial charge is 0.224 e. The van der Waals surface area contributed by atoms with Gasteiger partial charge in [-0.15, -0.1) is 0 Å². The summed E-state index contributed by atoms with van der Waals surface area (Å²) in [5.41, 5.74) is 0. The largest absolute Gasteiger partial charge is 0.356 e. The summed E-state index contributed by atoms with van der Waals surface area (Å²) in [5, 5.41) is 5.65. The molecule has 0 aromatic rings. The Bertz CT molecular complexity index is 241. The number of amides is 2. The minimum atomic E-state index is -0.0308. The number of hydrogen-bond donors (Lipinski definition) is 2. The van der Waals surface area contributed by atoms with E-state index >= 15 is 0 Å². The normalized spacial score (nSPS) is 20.7. The Labute approximate surface area is 97.2 Å². The zero-order valence-corrected chi connectivity index (χ0v) is 10.2. The van der Waals surface area contributed by atoms with Crippen LogP contribution in [0.2, 0.25) is 0 Å². The van der Waals surface area contributed by atoms with E-state index in [4.69, 9.17) is 0 Å². The lowest BCUT2D eigenvalue weighted by molar-refractivity contribution is -0.128. The first-order valence-corrected chi connectivity index (χ1v) is 6.14. The van der Waals surface area contributed by atoms with E-state index < -0.39 is 0 Å². The molecule has 16 heavy (non-hydrogen) atoms. The van der Waals surface area contributed by atoms with Crippen LogP contribution in [0.3, 0.4) is 0 Å². The first kappa shape index (κ1) is 13.0. The van der Waals surface area contributed by atoms with E-state index in [2.05, 4.69) is 24.5 Å². The Morgan fingerprint density at radius 3 is 2.88 bits per heavy atom. The molecule has 2 N–H and O–H groups in total. The lowest BCUT2D eigenvalue weighted by atomic mass is 9.98. The molecule has 1 saturated heterocycles. The van der Waals surface area contributed by atoms with Crippen LogP contribution in [0.15, 0.2) is 0 Å². The van der Waals surface area contributed by atoms with Crippen LogP contribution in [0.1, 0.15) is 39.5 Å². The van der Waals surface area contributed by atoms with Crippen molar-refractivity contribution in [2.75, 3.05) is 13.1 Å². The zero-order valence-electron chi connectivity index (χ0n) is 10.2. The first-order chi connectivity index (χ1) is 7.59. The van der Waals surface area contributed by atoms with Crippen LogP contribution in [0.4, 0.5) is 0 Å². The van der Waals surface area contributed by atoms with Gasteiger partial charge in [0.1, 0.15) is 0 Å². The van der Waals surface area contributed by atoms with E-state index in [1.807, 2.05) is 0 Å². The summed E-state index contributed by atoms with van der Waals surface area (Å²) < 4.78 is 0. The van der Waals surface area contributed by atoms with Crippen molar-refractivity contribution in [3.05, 3.63) is 0 Å². The molecular formula is C12H22N2O2. The topological polar surface area (TPSA) is 58.2 Å². The number of hydrogen-bond acceptors (Lipinski definition) is 2. The van der Waals surface area contributed by atoms with Gasteiger partial charge >= 0.3 is 0 Å². The van der Waals surface area contributed by atoms with Gasteiger partial charge in [-0.25, -0.2) is 0 Å². The van der Waals surface area contributed by atoms with Gasteiger partial charge in [-0.05, 0) is 25.2 Å². The Morgan fingerprint density at radius 1 is 1.56 bits per heavy atom. The Hall–Kier alpha value is -1.06. The van der Waals surface area contributed by atoms with Crippen molar-refractivity contribution in [1.82, 2.24) is 10.6 Å². The second-order valence-electron chi connectivity index (χ2n) is 4.87. The van der Waals surface area contributed by atoms with Gasteiger partial charge in [0.15, 0.2) is 0 Å². The predicted molar refractivity (Wildman–Crippen MR) is 62.8 cm³/mol. The highest BCUT2D eigenvalue weighted by Gasteiger charge is 2.23. The first-order valence-electron chi connectivity index (χ1n) is 6.14. The van der Waals surface area contributed by atoms with E-state index in [1.165, 1.54) is 0 Å². The fourth-order valence-electron chi connectivity index (χ4n) is 1.82. The fourth-order valence-corrected chi connectivity index (χ4v) is 1.82. The molecule has 0 saturated carbocycles. The Balaban J connectivity index is 2.12. The minimum absolute atomic E-state index is 0.0308. The van der Waals surface area contributed by atoms with Crippen molar-refractivity contribution in [3.63, 3.8) is 0 Å². The summed E-state index contributed by atoms with van der Waals surface area (Å²) in [6, 6.07) is 0. The Kier molecular flexibility index (Phi) is 5.29. The van der Waals surface area contributed by atoms with Crippen LogP contribution in [0.5, 0.6) is 0 Å². The minimum Gasteiger partial charge on any atom is -0.356 e. The van der Waals surface area contributed by atoms with Gasteiger partial charge in [0.2, 0.25) is 11.8 Å². The van der Waals surface area contributed by atoms with E-state index in [1.54, 1.807) is 0 Å². The van der Waals surface area contributed by atoms with Crippen LogP contribution in [0, 0.1) is 11.8 Å². The third kappa shape index (κ3) is 4.64. The van der Waals surface area contributed by atoms with Crippen LogP contribution in [-0.4, -0.2) is 24.9 Å². The molecule has 1 fully saturated rings. The highest BCUT2D eigenvalue weighted by atomic mass is 16.2. The van der Waals surface area contributed by atoms with E-state index in [0.717, 1.165) is 19.4 Å². The lowest BCUT2D eigenvalue weighted by Crippen LogP contribution is -2.43. The second kappa shape index (κ2) is 6.51. The predicted octanol–water partition coefficient (Wildman–Crippen LogP) is 1.06. The summed E-state index contributed by atoms with van der Waals surface area (Å²) in [5.74, 6) is 0.801. The number of nitrogens with one attached hydrogen (secondary N) is 2. The molecule has 1 aliphatic rings. The molecule has 1 rings (SSSR count). The van der Waals surface area contributed by atoms with Gasteiger partial charge in [-0.1, -0.05) is 13.8 Å². The number of carbonyl (C=O) groups excluding carboxylic acids is 2. The van der Waals surface area contributed by atoms with E-state index in [9.17, 15) is 9.59 Å². The molecule has 0 unspecified atom stereocenters. The summed E-state index contributed by atoms with van der Waals surface area (Å²) in [6.07, 6.45) is 3.33. The molecule has 0 spiro atoms. The van der Waals surface area contributed by atoms with Gasteiger partial charge in [-0.2, -0.15) is 0 Å². The molecule has 4 heteroatoms. The summed E-state index contributed by atoms with van der Waals surface area (Å²) in [6.45, 7) is 5.60. The monoisotopic (exact) mass is 226 g/mol. The molecule has 0 aliphatic carbocycles. The van der Waals surface area contributed by atoms with Crippen molar-refractivity contribution in [2.45, 2.75) is 39.5 Å². The highest BCUT2D eigenvalue weighted by molar-refractivity contribution is 5.83. The standard InChI is InChI=1S/C12H22N2O2/c1-9(2)4-3-7-13-12(16)10-5-6-11(15)14-8-10/h9-10H,3-8H2,1-2H3,(H,13,16)(H,14,15)/t10-/m1/s1. The maximum atomic E-state index is 11.7. The summed E-state index contributed by atoms with van der Waals surface area (Å²) >= 11 is 0. The van der Waals surface area contributed by atoms with Crippen LogP contribution >= 0.6 is 0 Å². The molecular weight excluding hydrogens is 204 g/mol. The van der Waals surface area contributed by atoms with Crippen LogP contribution in [-0.2, 0) is 9.59 Å². The van der Waals surface area contributed by atoms with Crippen molar-refractivity contribution in [2.24, 2.45) is 11.8 Å². The van der Waals surface area contributed by atoms with Gasteiger partial charge < -0.3 is 10.6 Å². The molecule has 92 valence electrons. The quantitative estimate of drug-likeness (QED) is 0.689. The fraction of sp³-hybridized carbons (Fsp3) is 0.833. The second-order valence-corrected chi connectivity index (χ2v) is 4.87. The van der Waals surface area contributed by atoms with Gasteiger partial charge in [0.25, 0.3) is 0 Å². The number of rotatable bonds is 5. The molecule has 1 atom stereocenters. The lowest BCUT2D eigenvalue weighted by Gasteiger charge is -2.21. The van der Waals surface area contributed by atoms with Crippen molar-refractivity contribution in [3.8, 4) is 0 Å². The van der Waals surface area contributed by atoms with E-state index in [-0.39, 0.29) is 17.7 Å². The average molecular weight is 226 g/mol. The molecule has 1 aliphatic heterocycles. The third-order valence-corrected chi connectivity index (χ3v) is 2.89. The number of carbonyl (C=O) groups is 2. The van der Waals surface area contributed by atoms with Crippen LogP contribution < -0.4 is 10.6 Å². The molecule has 2 amide bonds.